The summed E-state index contributed by atoms with van der Waals surface area (Å²) >= 11 is 0. The summed E-state index contributed by atoms with van der Waals surface area (Å²) in [5.41, 5.74) is 4.96. The number of rotatable bonds is 8. The van der Waals surface area contributed by atoms with E-state index in [1.165, 1.54) is 151 Å². The molecule has 0 bridgehead atoms. The molecule has 2 aromatic rings. The first kappa shape index (κ1) is 28.5. The molecule has 0 spiro atoms. The summed E-state index contributed by atoms with van der Waals surface area (Å²) in [6, 6.07) is 13.3. The highest BCUT2D eigenvalue weighted by atomic mass is 31.2. The van der Waals surface area contributed by atoms with Crippen LogP contribution >= 0.6 is 8.69 Å². The molecule has 2 aromatic carbocycles. The van der Waals surface area contributed by atoms with Gasteiger partial charge in [-0.25, -0.2) is 0 Å². The average Bonchev–Trinajstić information content (AvgIpc) is 3.03. The van der Waals surface area contributed by atoms with E-state index in [0.717, 1.165) is 11.5 Å². The van der Waals surface area contributed by atoms with Gasteiger partial charge in [-0.3, -0.25) is 0 Å². The number of hydrogen-bond acceptors (Lipinski definition) is 2. The Morgan fingerprint density at radius 2 is 0.675 bits per heavy atom. The second-order valence-electron chi connectivity index (χ2n) is 13.3. The predicted octanol–water partition coefficient (Wildman–Crippen LogP) is 12.5. The summed E-state index contributed by atoms with van der Waals surface area (Å²) in [4.78, 5) is 0. The number of hydrogen-bond donors (Lipinski definition) is 0. The van der Waals surface area contributed by atoms with E-state index in [9.17, 15) is 0 Å². The molecule has 0 saturated heterocycles. The van der Waals surface area contributed by atoms with E-state index in [1.54, 1.807) is 0 Å². The second-order valence-corrected chi connectivity index (χ2v) is 14.1. The minimum atomic E-state index is -2.58. The van der Waals surface area contributed by atoms with Gasteiger partial charge in [0.05, 0.1) is 0 Å². The smallest absolute Gasteiger partial charge is 0.414 e. The fourth-order valence-corrected chi connectivity index (χ4v) is 9.21. The van der Waals surface area contributed by atoms with Crippen molar-refractivity contribution in [3.05, 3.63) is 58.7 Å². The zero-order valence-electron chi connectivity index (χ0n) is 24.6. The molecule has 2 nitrogen and oxygen atoms in total. The molecule has 0 atom stereocenters. The Morgan fingerprint density at radius 3 is 0.925 bits per heavy atom. The van der Waals surface area contributed by atoms with Gasteiger partial charge in [-0.05, 0) is 97.3 Å². The first-order chi connectivity index (χ1) is 19.8. The van der Waals surface area contributed by atoms with Crippen molar-refractivity contribution in [2.75, 3.05) is 0 Å². The molecule has 4 heteroatoms. The van der Waals surface area contributed by atoms with E-state index in [-0.39, 0.29) is 0 Å². The molecule has 4 fully saturated rings. The van der Waals surface area contributed by atoms with Crippen molar-refractivity contribution in [2.24, 2.45) is 0 Å². The normalized spacial score (nSPS) is 22.4. The molecule has 4 aliphatic carbocycles. The number of benzene rings is 2. The zero-order valence-corrected chi connectivity index (χ0v) is 25.5. The third-order valence-electron chi connectivity index (χ3n) is 10.7. The maximum absolute atomic E-state index is 16.4. The quantitative estimate of drug-likeness (QED) is 0.297. The van der Waals surface area contributed by atoms with Crippen LogP contribution in [0.4, 0.5) is 4.20 Å². The van der Waals surface area contributed by atoms with Crippen molar-refractivity contribution in [1.29, 1.82) is 0 Å². The Balaban J connectivity index is 1.32. The van der Waals surface area contributed by atoms with E-state index < -0.39 is 8.69 Å². The molecule has 4 aliphatic rings. The molecular formula is C36H50FO2P. The summed E-state index contributed by atoms with van der Waals surface area (Å²) in [7, 11) is -2.58. The molecular weight excluding hydrogens is 514 g/mol. The van der Waals surface area contributed by atoms with Gasteiger partial charge in [0.2, 0.25) is 0 Å². The fourth-order valence-electron chi connectivity index (χ4n) is 8.46. The van der Waals surface area contributed by atoms with Gasteiger partial charge >= 0.3 is 8.69 Å². The topological polar surface area (TPSA) is 18.5 Å². The van der Waals surface area contributed by atoms with Crippen molar-refractivity contribution in [2.45, 2.75) is 152 Å². The second kappa shape index (κ2) is 14.0. The van der Waals surface area contributed by atoms with Crippen LogP contribution in [0.15, 0.2) is 36.4 Å². The van der Waals surface area contributed by atoms with Crippen molar-refractivity contribution in [3.63, 3.8) is 0 Å². The highest BCUT2D eigenvalue weighted by Crippen LogP contribution is 2.53. The summed E-state index contributed by atoms with van der Waals surface area (Å²) in [5, 5.41) is 0. The van der Waals surface area contributed by atoms with Crippen LogP contribution in [-0.2, 0) is 0 Å². The Labute approximate surface area is 243 Å². The first-order valence-electron chi connectivity index (χ1n) is 16.9. The molecule has 218 valence electrons. The van der Waals surface area contributed by atoms with Crippen LogP contribution in [0.3, 0.4) is 0 Å². The predicted molar refractivity (Wildman–Crippen MR) is 165 cm³/mol. The van der Waals surface area contributed by atoms with Gasteiger partial charge in [-0.2, -0.15) is 0 Å². The number of halogens is 1. The summed E-state index contributed by atoms with van der Waals surface area (Å²) < 4.78 is 29.3. The van der Waals surface area contributed by atoms with Crippen LogP contribution in [0, 0.1) is 0 Å². The molecule has 0 radical (unpaired) electrons. The van der Waals surface area contributed by atoms with Crippen molar-refractivity contribution in [1.82, 2.24) is 0 Å². The highest BCUT2D eigenvalue weighted by Gasteiger charge is 2.31. The molecule has 4 saturated carbocycles. The SMILES string of the molecule is FP(Oc1c(C2CCCCC2)cccc1C1CCCCC1)Oc1c(C2CCCCC2)cccc1C1CCCCC1. The monoisotopic (exact) mass is 564 g/mol. The standard InChI is InChI=1S/C36H50FO2P/c37-40(38-35-31(27-15-5-1-6-16-27)23-13-24-32(35)28-17-7-2-8-18-28)39-36-33(29-19-9-3-10-20-29)25-14-26-34(36)30-21-11-4-12-22-30/h13-14,23-30H,1-12,15-22H2. The van der Waals surface area contributed by atoms with Crippen LogP contribution in [0.1, 0.15) is 174 Å². The Kier molecular flexibility index (Phi) is 10.0. The Bertz CT molecular complexity index is 920. The molecule has 0 heterocycles. The van der Waals surface area contributed by atoms with Crippen LogP contribution in [0.25, 0.3) is 0 Å². The fraction of sp³-hybridized carbons (Fsp3) is 0.667. The molecule has 40 heavy (non-hydrogen) atoms. The molecule has 0 amide bonds. The van der Waals surface area contributed by atoms with E-state index >= 15 is 4.20 Å². The van der Waals surface area contributed by atoms with Crippen molar-refractivity contribution in [3.8, 4) is 11.5 Å². The lowest BCUT2D eigenvalue weighted by molar-refractivity contribution is 0.383. The molecule has 0 unspecified atom stereocenters. The lowest BCUT2D eigenvalue weighted by Gasteiger charge is -2.31. The summed E-state index contributed by atoms with van der Waals surface area (Å²) in [5.74, 6) is 3.57. The van der Waals surface area contributed by atoms with Crippen molar-refractivity contribution >= 4 is 8.69 Å². The maximum Gasteiger partial charge on any atom is 0.505 e. The summed E-state index contributed by atoms with van der Waals surface area (Å²) in [6.07, 6.45) is 24.8. The average molecular weight is 565 g/mol. The van der Waals surface area contributed by atoms with Crippen molar-refractivity contribution < 1.29 is 13.2 Å². The van der Waals surface area contributed by atoms with Gasteiger partial charge < -0.3 is 9.05 Å². The van der Waals surface area contributed by atoms with Gasteiger partial charge in [0, 0.05) is 0 Å². The van der Waals surface area contributed by atoms with Gasteiger partial charge in [0.15, 0.2) is 0 Å². The Hall–Kier alpha value is -1.60. The number of para-hydroxylation sites is 2. The van der Waals surface area contributed by atoms with Crippen LogP contribution < -0.4 is 9.05 Å². The molecule has 0 aromatic heterocycles. The minimum Gasteiger partial charge on any atom is -0.414 e. The zero-order chi connectivity index (χ0) is 27.1. The van der Waals surface area contributed by atoms with E-state index in [4.69, 9.17) is 9.05 Å². The third-order valence-corrected chi connectivity index (χ3v) is 11.3. The van der Waals surface area contributed by atoms with E-state index in [1.807, 2.05) is 0 Å². The van der Waals surface area contributed by atoms with Gasteiger partial charge in [-0.1, -0.05) is 113 Å². The Morgan fingerprint density at radius 1 is 0.425 bits per heavy atom. The van der Waals surface area contributed by atoms with E-state index in [0.29, 0.717) is 23.7 Å². The lowest BCUT2D eigenvalue weighted by Crippen LogP contribution is -2.13. The molecule has 0 aliphatic heterocycles. The van der Waals surface area contributed by atoms with Gasteiger partial charge in [0.25, 0.3) is 0 Å². The van der Waals surface area contributed by atoms with E-state index in [2.05, 4.69) is 36.4 Å². The molecule has 0 N–H and O–H groups in total. The van der Waals surface area contributed by atoms with Gasteiger partial charge in [0.1, 0.15) is 11.5 Å². The maximum atomic E-state index is 16.4. The first-order valence-corrected chi connectivity index (χ1v) is 17.9. The largest absolute Gasteiger partial charge is 0.505 e. The lowest BCUT2D eigenvalue weighted by atomic mass is 9.79. The highest BCUT2D eigenvalue weighted by molar-refractivity contribution is 7.42. The van der Waals surface area contributed by atoms with Crippen LogP contribution in [0.2, 0.25) is 0 Å². The van der Waals surface area contributed by atoms with Crippen LogP contribution in [0.5, 0.6) is 11.5 Å². The minimum absolute atomic E-state index is 0.475. The van der Waals surface area contributed by atoms with Crippen LogP contribution in [-0.4, -0.2) is 0 Å². The third kappa shape index (κ3) is 6.72. The van der Waals surface area contributed by atoms with Gasteiger partial charge in [-0.15, -0.1) is 4.20 Å². The molecule has 6 rings (SSSR count). The summed E-state index contributed by atoms with van der Waals surface area (Å²) in [6.45, 7) is 0.